The fraction of sp³-hybridized carbons (Fsp3) is 0.833. The topological polar surface area (TPSA) is 37.3 Å². The van der Waals surface area contributed by atoms with Crippen LogP contribution in [0.1, 0.15) is 58.3 Å². The second-order valence-electron chi connectivity index (χ2n) is 7.69. The van der Waals surface area contributed by atoms with E-state index in [4.69, 9.17) is 11.6 Å². The monoisotopic (exact) mass is 308 g/mol. The van der Waals surface area contributed by atoms with Crippen LogP contribution in [0.15, 0.2) is 0 Å². The van der Waals surface area contributed by atoms with Crippen LogP contribution in [0.2, 0.25) is 0 Å². The van der Waals surface area contributed by atoms with Gasteiger partial charge in [-0.15, -0.1) is 0 Å². The van der Waals surface area contributed by atoms with E-state index >= 15 is 0 Å². The van der Waals surface area contributed by atoms with Crippen LogP contribution in [0.4, 0.5) is 0 Å². The lowest BCUT2D eigenvalue weighted by Gasteiger charge is -2.50. The molecule has 2 nitrogen and oxygen atoms in total. The lowest BCUT2D eigenvalue weighted by Crippen LogP contribution is -2.45. The number of carbonyl (C=O) groups is 1. The molecule has 1 N–H and O–H groups in total. The SMILES string of the molecule is C[C@]12CC[C@@H]3C[C@H](CC(=O)C#CCl)CC[C@H]3[C@@H]1CC[C@@H]2O. The summed E-state index contributed by atoms with van der Waals surface area (Å²) in [6.07, 6.45) is 8.57. The van der Waals surface area contributed by atoms with Crippen LogP contribution < -0.4 is 0 Å². The van der Waals surface area contributed by atoms with Crippen LogP contribution in [-0.2, 0) is 4.79 Å². The predicted octanol–water partition coefficient (Wildman–Crippen LogP) is 3.75. The minimum absolute atomic E-state index is 0.00890. The number of hydrogen-bond donors (Lipinski definition) is 1. The average molecular weight is 309 g/mol. The third-order valence-corrected chi connectivity index (χ3v) is 6.84. The first-order valence-electron chi connectivity index (χ1n) is 8.37. The van der Waals surface area contributed by atoms with Gasteiger partial charge in [-0.2, -0.15) is 0 Å². The van der Waals surface area contributed by atoms with Crippen molar-refractivity contribution in [2.75, 3.05) is 0 Å². The smallest absolute Gasteiger partial charge is 0.206 e. The maximum absolute atomic E-state index is 11.7. The second-order valence-corrected chi connectivity index (χ2v) is 7.88. The molecule has 3 heteroatoms. The second kappa shape index (κ2) is 5.94. The van der Waals surface area contributed by atoms with Crippen molar-refractivity contribution < 1.29 is 9.90 Å². The minimum atomic E-state index is -0.0956. The van der Waals surface area contributed by atoms with Crippen molar-refractivity contribution >= 4 is 17.4 Å². The van der Waals surface area contributed by atoms with Crippen LogP contribution in [0, 0.1) is 40.4 Å². The fourth-order valence-electron chi connectivity index (χ4n) is 5.59. The Balaban J connectivity index is 1.64. The largest absolute Gasteiger partial charge is 0.393 e. The van der Waals surface area contributed by atoms with Gasteiger partial charge in [0.25, 0.3) is 0 Å². The van der Waals surface area contributed by atoms with Gasteiger partial charge in [0.15, 0.2) is 0 Å². The first kappa shape index (κ1) is 15.4. The van der Waals surface area contributed by atoms with E-state index in [1.165, 1.54) is 25.7 Å². The number of Topliss-reactive ketones (excluding diaryl/α,β-unsaturated/α-hetero) is 1. The molecule has 3 fully saturated rings. The molecule has 116 valence electrons. The highest BCUT2D eigenvalue weighted by Crippen LogP contribution is 2.59. The van der Waals surface area contributed by atoms with E-state index in [9.17, 15) is 9.90 Å². The van der Waals surface area contributed by atoms with Gasteiger partial charge in [-0.25, -0.2) is 0 Å². The van der Waals surface area contributed by atoms with Gasteiger partial charge in [-0.1, -0.05) is 6.92 Å². The quantitative estimate of drug-likeness (QED) is 0.789. The summed E-state index contributed by atoms with van der Waals surface area (Å²) in [5.41, 5.74) is 0.161. The van der Waals surface area contributed by atoms with Crippen molar-refractivity contribution in [2.45, 2.75) is 64.4 Å². The molecular formula is C18H25ClO2. The summed E-state index contributed by atoms with van der Waals surface area (Å²) < 4.78 is 0. The number of rotatable bonds is 2. The molecule has 0 heterocycles. The Labute approximate surface area is 132 Å². The highest BCUT2D eigenvalue weighted by Gasteiger charge is 2.54. The van der Waals surface area contributed by atoms with Gasteiger partial charge in [0.2, 0.25) is 5.78 Å². The molecule has 0 unspecified atom stereocenters. The fourth-order valence-corrected chi connectivity index (χ4v) is 5.70. The number of halogens is 1. The lowest BCUT2D eigenvalue weighted by molar-refractivity contribution is -0.115. The van der Waals surface area contributed by atoms with Gasteiger partial charge in [0.1, 0.15) is 0 Å². The average Bonchev–Trinajstić information content (AvgIpc) is 2.75. The number of ketones is 1. The van der Waals surface area contributed by atoms with Crippen molar-refractivity contribution in [1.29, 1.82) is 0 Å². The maximum atomic E-state index is 11.7. The van der Waals surface area contributed by atoms with Crippen LogP contribution in [0.25, 0.3) is 0 Å². The first-order chi connectivity index (χ1) is 10.0. The van der Waals surface area contributed by atoms with E-state index in [1.54, 1.807) is 0 Å². The Bertz CT molecular complexity index is 477. The number of fused-ring (bicyclic) bond motifs is 3. The summed E-state index contributed by atoms with van der Waals surface area (Å²) in [7, 11) is 0. The van der Waals surface area contributed by atoms with Gasteiger partial charge >= 0.3 is 0 Å². The normalized spacial score (nSPS) is 45.2. The van der Waals surface area contributed by atoms with Crippen LogP contribution in [-0.4, -0.2) is 17.0 Å². The minimum Gasteiger partial charge on any atom is -0.393 e. The molecule has 3 rings (SSSR count). The van der Waals surface area contributed by atoms with Crippen molar-refractivity contribution in [2.24, 2.45) is 29.1 Å². The van der Waals surface area contributed by atoms with Gasteiger partial charge in [0, 0.05) is 11.8 Å². The molecule has 0 aromatic rings. The molecule has 21 heavy (non-hydrogen) atoms. The summed E-state index contributed by atoms with van der Waals surface area (Å²) in [5.74, 6) is 5.16. The molecule has 0 amide bonds. The van der Waals surface area contributed by atoms with E-state index in [-0.39, 0.29) is 17.3 Å². The Hall–Kier alpha value is -0.520. The van der Waals surface area contributed by atoms with Crippen LogP contribution in [0.5, 0.6) is 0 Å². The third kappa shape index (κ3) is 2.76. The van der Waals surface area contributed by atoms with Crippen molar-refractivity contribution in [3.63, 3.8) is 0 Å². The summed E-state index contributed by atoms with van der Waals surface area (Å²) >= 11 is 5.31. The summed E-state index contributed by atoms with van der Waals surface area (Å²) in [6, 6.07) is 0. The molecule has 0 aromatic heterocycles. The number of aliphatic hydroxyl groups excluding tert-OH is 1. The van der Waals surface area contributed by atoms with E-state index in [0.29, 0.717) is 18.3 Å². The van der Waals surface area contributed by atoms with Crippen molar-refractivity contribution in [3.05, 3.63) is 0 Å². The number of aliphatic hydroxyl groups is 1. The van der Waals surface area contributed by atoms with Crippen LogP contribution in [0.3, 0.4) is 0 Å². The van der Waals surface area contributed by atoms with Gasteiger partial charge in [-0.3, -0.25) is 4.79 Å². The van der Waals surface area contributed by atoms with Crippen LogP contribution >= 0.6 is 11.6 Å². The Kier molecular flexibility index (Phi) is 4.35. The maximum Gasteiger partial charge on any atom is 0.206 e. The molecule has 0 saturated heterocycles. The molecule has 6 atom stereocenters. The lowest BCUT2D eigenvalue weighted by atomic mass is 9.55. The van der Waals surface area contributed by atoms with E-state index in [0.717, 1.165) is 31.1 Å². The molecule has 0 aromatic carbocycles. The zero-order valence-electron chi connectivity index (χ0n) is 12.8. The molecule has 0 bridgehead atoms. The predicted molar refractivity (Wildman–Crippen MR) is 83.6 cm³/mol. The molecular weight excluding hydrogens is 284 g/mol. The third-order valence-electron chi connectivity index (χ3n) is 6.74. The molecule has 0 aliphatic heterocycles. The summed E-state index contributed by atoms with van der Waals surface area (Å²) in [5, 5.41) is 12.5. The molecule has 0 radical (unpaired) electrons. The van der Waals surface area contributed by atoms with Crippen molar-refractivity contribution in [3.8, 4) is 11.3 Å². The molecule has 3 aliphatic rings. The van der Waals surface area contributed by atoms with Gasteiger partial charge in [0.05, 0.1) is 6.10 Å². The van der Waals surface area contributed by atoms with E-state index in [1.807, 2.05) is 0 Å². The zero-order valence-corrected chi connectivity index (χ0v) is 13.5. The standard InChI is InChI=1S/C18H25ClO2/c1-18-8-6-13-10-12(11-14(20)7-9-19)2-3-15(13)16(18)4-5-17(18)21/h12-13,15-17,21H,2-6,8,10-11H2,1H3/t12-,13-,15-,16+,17+,18+/m1/s1. The molecule has 3 saturated carbocycles. The van der Waals surface area contributed by atoms with Crippen molar-refractivity contribution in [1.82, 2.24) is 0 Å². The Morgan fingerprint density at radius 2 is 2.10 bits per heavy atom. The Morgan fingerprint density at radius 1 is 1.29 bits per heavy atom. The van der Waals surface area contributed by atoms with E-state index in [2.05, 4.69) is 18.2 Å². The number of hydrogen-bond acceptors (Lipinski definition) is 2. The zero-order chi connectivity index (χ0) is 15.0. The first-order valence-corrected chi connectivity index (χ1v) is 8.75. The number of carbonyl (C=O) groups excluding carboxylic acids is 1. The molecule has 3 aliphatic carbocycles. The molecule has 0 spiro atoms. The van der Waals surface area contributed by atoms with Gasteiger partial charge in [-0.05, 0) is 91.6 Å². The highest BCUT2D eigenvalue weighted by atomic mass is 35.5. The summed E-state index contributed by atoms with van der Waals surface area (Å²) in [4.78, 5) is 11.7. The summed E-state index contributed by atoms with van der Waals surface area (Å²) in [6.45, 7) is 2.30. The van der Waals surface area contributed by atoms with Gasteiger partial charge < -0.3 is 5.11 Å². The highest BCUT2D eigenvalue weighted by molar-refractivity contribution is 6.31. The van der Waals surface area contributed by atoms with E-state index < -0.39 is 0 Å². The Morgan fingerprint density at radius 3 is 2.86 bits per heavy atom.